The zero-order valence-corrected chi connectivity index (χ0v) is 18.6. The smallest absolute Gasteiger partial charge is 0.251 e. The van der Waals surface area contributed by atoms with E-state index in [0.717, 1.165) is 31.6 Å². The second-order valence-corrected chi connectivity index (χ2v) is 9.95. The molecule has 2 rings (SSSR count). The van der Waals surface area contributed by atoms with Crippen LogP contribution in [-0.4, -0.2) is 76.0 Å². The lowest BCUT2D eigenvalue weighted by Gasteiger charge is -2.35. The summed E-state index contributed by atoms with van der Waals surface area (Å²) in [5.41, 5.74) is 1.82. The lowest BCUT2D eigenvalue weighted by atomic mass is 10.1. The topological polar surface area (TPSA) is 79.0 Å². The van der Waals surface area contributed by atoms with Crippen LogP contribution in [0.15, 0.2) is 17.0 Å². The highest BCUT2D eigenvalue weighted by atomic mass is 32.2. The molecule has 1 aromatic rings. The molecule has 1 heterocycles. The molecule has 0 aliphatic carbocycles. The molecule has 0 bridgehead atoms. The average Bonchev–Trinajstić information content (AvgIpc) is 2.59. The molecule has 0 spiro atoms. The van der Waals surface area contributed by atoms with Gasteiger partial charge in [0.2, 0.25) is 10.0 Å². The number of carbonyl (C=O) groups is 1. The maximum atomic E-state index is 12.6. The van der Waals surface area contributed by atoms with Crippen LogP contribution >= 0.6 is 0 Å². The number of aryl methyl sites for hydroxylation is 1. The van der Waals surface area contributed by atoms with Gasteiger partial charge in [-0.2, -0.15) is 0 Å². The van der Waals surface area contributed by atoms with Crippen molar-refractivity contribution in [2.45, 2.75) is 51.2 Å². The van der Waals surface area contributed by atoms with Crippen molar-refractivity contribution in [1.29, 1.82) is 0 Å². The first-order valence-electron chi connectivity index (χ1n) is 9.72. The van der Waals surface area contributed by atoms with Gasteiger partial charge in [-0.05, 0) is 57.4 Å². The molecule has 1 saturated heterocycles. The van der Waals surface area contributed by atoms with Gasteiger partial charge in [-0.25, -0.2) is 12.7 Å². The Kier molecular flexibility index (Phi) is 7.61. The van der Waals surface area contributed by atoms with Crippen molar-refractivity contribution in [1.82, 2.24) is 14.5 Å². The van der Waals surface area contributed by atoms with Crippen LogP contribution in [-0.2, 0) is 14.8 Å². The van der Waals surface area contributed by atoms with Crippen molar-refractivity contribution >= 4 is 15.9 Å². The minimum Gasteiger partial charge on any atom is -0.373 e. The SMILES string of the molecule is Cc1cc(C(=O)NCCCN2C[C@@H](C)O[C@@H](C)C2)cc(S(=O)(=O)N(C)C)c1C. The molecule has 28 heavy (non-hydrogen) atoms. The summed E-state index contributed by atoms with van der Waals surface area (Å²) in [5, 5.41) is 2.91. The summed E-state index contributed by atoms with van der Waals surface area (Å²) in [4.78, 5) is 15.1. The second kappa shape index (κ2) is 9.35. The number of rotatable bonds is 7. The van der Waals surface area contributed by atoms with Crippen molar-refractivity contribution in [2.75, 3.05) is 40.3 Å². The third-order valence-electron chi connectivity index (χ3n) is 5.07. The van der Waals surface area contributed by atoms with Crippen molar-refractivity contribution in [3.05, 3.63) is 28.8 Å². The fraction of sp³-hybridized carbons (Fsp3) is 0.650. The van der Waals surface area contributed by atoms with Crippen molar-refractivity contribution in [3.63, 3.8) is 0 Å². The lowest BCUT2D eigenvalue weighted by Crippen LogP contribution is -2.46. The molecule has 158 valence electrons. The van der Waals surface area contributed by atoms with Gasteiger partial charge in [-0.3, -0.25) is 9.69 Å². The standard InChI is InChI=1S/C20H33N3O4S/c1-14-10-18(11-19(17(14)4)28(25,26)22(5)6)20(24)21-8-7-9-23-12-15(2)27-16(3)13-23/h10-11,15-16H,7-9,12-13H2,1-6H3,(H,21,24)/t15-,16+. The molecule has 1 N–H and O–H groups in total. The maximum absolute atomic E-state index is 12.6. The first-order chi connectivity index (χ1) is 13.0. The van der Waals surface area contributed by atoms with Gasteiger partial charge >= 0.3 is 0 Å². The van der Waals surface area contributed by atoms with Crippen LogP contribution in [0.2, 0.25) is 0 Å². The molecule has 0 aromatic heterocycles. The van der Waals surface area contributed by atoms with E-state index < -0.39 is 10.0 Å². The van der Waals surface area contributed by atoms with Gasteiger partial charge in [0.25, 0.3) is 5.91 Å². The summed E-state index contributed by atoms with van der Waals surface area (Å²) < 4.78 is 32.0. The van der Waals surface area contributed by atoms with Gasteiger partial charge in [0, 0.05) is 45.8 Å². The van der Waals surface area contributed by atoms with Gasteiger partial charge in [0.05, 0.1) is 17.1 Å². The zero-order chi connectivity index (χ0) is 21.1. The van der Waals surface area contributed by atoms with E-state index in [0.29, 0.717) is 17.7 Å². The Balaban J connectivity index is 1.98. The Hall–Kier alpha value is -1.48. The van der Waals surface area contributed by atoms with Crippen LogP contribution in [0.25, 0.3) is 0 Å². The largest absolute Gasteiger partial charge is 0.373 e. The fourth-order valence-corrected chi connectivity index (χ4v) is 4.71. The minimum atomic E-state index is -3.60. The van der Waals surface area contributed by atoms with E-state index in [9.17, 15) is 13.2 Å². The molecule has 1 fully saturated rings. The summed E-state index contributed by atoms with van der Waals surface area (Å²) in [6.45, 7) is 11.0. The van der Waals surface area contributed by atoms with E-state index in [2.05, 4.69) is 24.1 Å². The number of nitrogens with one attached hydrogen (secondary N) is 1. The van der Waals surface area contributed by atoms with E-state index in [4.69, 9.17) is 4.74 Å². The predicted molar refractivity (Wildman–Crippen MR) is 110 cm³/mol. The average molecular weight is 412 g/mol. The molecular weight excluding hydrogens is 378 g/mol. The summed E-state index contributed by atoms with van der Waals surface area (Å²) >= 11 is 0. The fourth-order valence-electron chi connectivity index (χ4n) is 3.50. The lowest BCUT2D eigenvalue weighted by molar-refractivity contribution is -0.0680. The first-order valence-corrected chi connectivity index (χ1v) is 11.2. The van der Waals surface area contributed by atoms with Crippen LogP contribution in [0.4, 0.5) is 0 Å². The molecular formula is C20H33N3O4S. The number of benzene rings is 1. The van der Waals surface area contributed by atoms with Gasteiger partial charge in [-0.1, -0.05) is 0 Å². The maximum Gasteiger partial charge on any atom is 0.251 e. The van der Waals surface area contributed by atoms with Crippen LogP contribution in [0.1, 0.15) is 41.8 Å². The highest BCUT2D eigenvalue weighted by Gasteiger charge is 2.23. The van der Waals surface area contributed by atoms with Crippen LogP contribution in [0, 0.1) is 13.8 Å². The van der Waals surface area contributed by atoms with E-state index in [-0.39, 0.29) is 23.0 Å². The highest BCUT2D eigenvalue weighted by molar-refractivity contribution is 7.89. The Bertz CT molecular complexity index is 798. The molecule has 8 heteroatoms. The number of amides is 1. The molecule has 0 radical (unpaired) electrons. The molecule has 7 nitrogen and oxygen atoms in total. The first kappa shape index (κ1) is 22.8. The second-order valence-electron chi connectivity index (χ2n) is 7.83. The predicted octanol–water partition coefficient (Wildman–Crippen LogP) is 1.78. The van der Waals surface area contributed by atoms with E-state index in [1.807, 2.05) is 6.92 Å². The summed E-state index contributed by atoms with van der Waals surface area (Å²) in [7, 11) is -0.621. The third-order valence-corrected chi connectivity index (χ3v) is 7.01. The quantitative estimate of drug-likeness (QED) is 0.692. The van der Waals surface area contributed by atoms with Gasteiger partial charge in [-0.15, -0.1) is 0 Å². The van der Waals surface area contributed by atoms with E-state index in [1.54, 1.807) is 13.0 Å². The minimum absolute atomic E-state index is 0.180. The zero-order valence-electron chi connectivity index (χ0n) is 17.8. The Morgan fingerprint density at radius 2 is 1.82 bits per heavy atom. The molecule has 2 atom stereocenters. The van der Waals surface area contributed by atoms with Crippen LogP contribution in [0.3, 0.4) is 0 Å². The summed E-state index contributed by atoms with van der Waals surface area (Å²) in [5.74, 6) is -0.248. The van der Waals surface area contributed by atoms with E-state index >= 15 is 0 Å². The summed E-state index contributed by atoms with van der Waals surface area (Å²) in [6.07, 6.45) is 1.29. The van der Waals surface area contributed by atoms with Gasteiger partial charge in [0.1, 0.15) is 0 Å². The molecule has 1 aromatic carbocycles. The van der Waals surface area contributed by atoms with Crippen molar-refractivity contribution in [2.24, 2.45) is 0 Å². The number of carbonyl (C=O) groups excluding carboxylic acids is 1. The number of hydrogen-bond donors (Lipinski definition) is 1. The Labute approximate surface area is 169 Å². The Morgan fingerprint density at radius 3 is 2.39 bits per heavy atom. The van der Waals surface area contributed by atoms with Crippen molar-refractivity contribution < 1.29 is 17.9 Å². The number of nitrogens with zero attached hydrogens (tertiary/aromatic N) is 2. The third kappa shape index (κ3) is 5.53. The number of morpholine rings is 1. The van der Waals surface area contributed by atoms with Crippen LogP contribution < -0.4 is 5.32 Å². The molecule has 1 amide bonds. The highest BCUT2D eigenvalue weighted by Crippen LogP contribution is 2.23. The molecule has 1 aliphatic heterocycles. The number of hydrogen-bond acceptors (Lipinski definition) is 5. The van der Waals surface area contributed by atoms with Gasteiger partial charge < -0.3 is 10.1 Å². The molecule has 0 unspecified atom stereocenters. The molecule has 0 saturated carbocycles. The normalized spacial score (nSPS) is 21.1. The van der Waals surface area contributed by atoms with Crippen molar-refractivity contribution in [3.8, 4) is 0 Å². The molecule has 1 aliphatic rings. The van der Waals surface area contributed by atoms with E-state index in [1.165, 1.54) is 24.5 Å². The summed E-state index contributed by atoms with van der Waals surface area (Å²) in [6, 6.07) is 3.21. The monoisotopic (exact) mass is 411 g/mol. The Morgan fingerprint density at radius 1 is 1.21 bits per heavy atom. The van der Waals surface area contributed by atoms with Gasteiger partial charge in [0.15, 0.2) is 0 Å². The van der Waals surface area contributed by atoms with Crippen LogP contribution in [0.5, 0.6) is 0 Å². The number of sulfonamides is 1. The number of ether oxygens (including phenoxy) is 1.